The van der Waals surface area contributed by atoms with Crippen LogP contribution in [0.3, 0.4) is 0 Å². The predicted molar refractivity (Wildman–Crippen MR) is 85.5 cm³/mol. The Balaban J connectivity index is 1.92. The van der Waals surface area contributed by atoms with Crippen molar-refractivity contribution < 1.29 is 9.53 Å². The van der Waals surface area contributed by atoms with Gasteiger partial charge < -0.3 is 10.1 Å². The molecule has 2 rings (SSSR count). The zero-order chi connectivity index (χ0) is 15.1. The Labute approximate surface area is 129 Å². The lowest BCUT2D eigenvalue weighted by Gasteiger charge is -2.06. The molecule has 21 heavy (non-hydrogen) atoms. The summed E-state index contributed by atoms with van der Waals surface area (Å²) in [6, 6.07) is 16.1. The predicted octanol–water partition coefficient (Wildman–Crippen LogP) is 3.31. The van der Waals surface area contributed by atoms with Gasteiger partial charge in [-0.1, -0.05) is 48.0 Å². The highest BCUT2D eigenvalue weighted by molar-refractivity contribution is 6.30. The van der Waals surface area contributed by atoms with Crippen LogP contribution in [0.2, 0.25) is 5.02 Å². The van der Waals surface area contributed by atoms with Crippen molar-refractivity contribution in [2.75, 3.05) is 20.3 Å². The molecule has 0 aliphatic rings. The van der Waals surface area contributed by atoms with Crippen LogP contribution in [0.4, 0.5) is 0 Å². The van der Waals surface area contributed by atoms with E-state index in [4.69, 9.17) is 16.3 Å². The van der Waals surface area contributed by atoms with Crippen LogP contribution in [0, 0.1) is 0 Å². The quantitative estimate of drug-likeness (QED) is 0.889. The SMILES string of the molecule is COCC(=O)NCCc1ccc(-c2cccc(Cl)c2)cc1. The summed E-state index contributed by atoms with van der Waals surface area (Å²) < 4.78 is 4.76. The highest BCUT2D eigenvalue weighted by atomic mass is 35.5. The second-order valence-electron chi connectivity index (χ2n) is 4.74. The first-order chi connectivity index (χ1) is 10.2. The third-order valence-electron chi connectivity index (χ3n) is 3.12. The van der Waals surface area contributed by atoms with Crippen LogP contribution >= 0.6 is 11.6 Å². The molecule has 1 amide bonds. The molecular weight excluding hydrogens is 286 g/mol. The number of ether oxygens (including phenoxy) is 1. The zero-order valence-corrected chi connectivity index (χ0v) is 12.7. The monoisotopic (exact) mass is 303 g/mol. The first-order valence-corrected chi connectivity index (χ1v) is 7.17. The molecule has 0 aromatic heterocycles. The second kappa shape index (κ2) is 7.81. The standard InChI is InChI=1S/C17H18ClNO2/c1-21-12-17(20)19-10-9-13-5-7-14(8-6-13)15-3-2-4-16(18)11-15/h2-8,11H,9-10,12H2,1H3,(H,19,20). The van der Waals surface area contributed by atoms with E-state index in [1.807, 2.05) is 24.3 Å². The van der Waals surface area contributed by atoms with Crippen molar-refractivity contribution in [3.05, 3.63) is 59.1 Å². The van der Waals surface area contributed by atoms with Gasteiger partial charge >= 0.3 is 0 Å². The molecule has 0 unspecified atom stereocenters. The zero-order valence-electron chi connectivity index (χ0n) is 11.9. The molecule has 0 atom stereocenters. The van der Waals surface area contributed by atoms with E-state index in [0.29, 0.717) is 6.54 Å². The van der Waals surface area contributed by atoms with Gasteiger partial charge in [0, 0.05) is 18.7 Å². The van der Waals surface area contributed by atoms with E-state index < -0.39 is 0 Å². The molecule has 2 aromatic rings. The van der Waals surface area contributed by atoms with E-state index in [0.717, 1.165) is 22.6 Å². The number of methoxy groups -OCH3 is 1. The number of carbonyl (C=O) groups is 1. The van der Waals surface area contributed by atoms with Crippen LogP contribution in [0.15, 0.2) is 48.5 Å². The molecule has 3 nitrogen and oxygen atoms in total. The van der Waals surface area contributed by atoms with Gasteiger partial charge in [0.1, 0.15) is 6.61 Å². The van der Waals surface area contributed by atoms with E-state index in [1.165, 1.54) is 12.7 Å². The van der Waals surface area contributed by atoms with Gasteiger partial charge in [0.2, 0.25) is 5.91 Å². The molecule has 0 radical (unpaired) electrons. The smallest absolute Gasteiger partial charge is 0.245 e. The fourth-order valence-corrected chi connectivity index (χ4v) is 2.25. The Morgan fingerprint density at radius 2 is 1.90 bits per heavy atom. The molecular formula is C17H18ClNO2. The lowest BCUT2D eigenvalue weighted by Crippen LogP contribution is -2.28. The first-order valence-electron chi connectivity index (χ1n) is 6.79. The number of carbonyl (C=O) groups excluding carboxylic acids is 1. The fraction of sp³-hybridized carbons (Fsp3) is 0.235. The van der Waals surface area contributed by atoms with Crippen LogP contribution < -0.4 is 5.32 Å². The highest BCUT2D eigenvalue weighted by Gasteiger charge is 2.01. The van der Waals surface area contributed by atoms with Crippen molar-refractivity contribution in [2.24, 2.45) is 0 Å². The third kappa shape index (κ3) is 4.88. The molecule has 0 aliphatic heterocycles. The van der Waals surface area contributed by atoms with E-state index in [2.05, 4.69) is 29.6 Å². The van der Waals surface area contributed by atoms with Crippen molar-refractivity contribution in [3.63, 3.8) is 0 Å². The van der Waals surface area contributed by atoms with Crippen molar-refractivity contribution in [1.82, 2.24) is 5.32 Å². The van der Waals surface area contributed by atoms with Crippen LogP contribution in [-0.2, 0) is 16.0 Å². The highest BCUT2D eigenvalue weighted by Crippen LogP contribution is 2.22. The number of benzene rings is 2. The number of nitrogens with one attached hydrogen (secondary N) is 1. The lowest BCUT2D eigenvalue weighted by molar-refractivity contribution is -0.124. The Hall–Kier alpha value is -1.84. The van der Waals surface area contributed by atoms with Crippen LogP contribution in [0.5, 0.6) is 0 Å². The number of hydrogen-bond acceptors (Lipinski definition) is 2. The van der Waals surface area contributed by atoms with Crippen LogP contribution in [0.25, 0.3) is 11.1 Å². The molecule has 0 heterocycles. The minimum Gasteiger partial charge on any atom is -0.375 e. The van der Waals surface area contributed by atoms with Gasteiger partial charge in [-0.15, -0.1) is 0 Å². The van der Waals surface area contributed by atoms with Crippen molar-refractivity contribution in [2.45, 2.75) is 6.42 Å². The normalized spacial score (nSPS) is 10.4. The summed E-state index contributed by atoms with van der Waals surface area (Å²) >= 11 is 6.00. The van der Waals surface area contributed by atoms with Gasteiger partial charge in [0.05, 0.1) is 0 Å². The summed E-state index contributed by atoms with van der Waals surface area (Å²) in [4.78, 5) is 11.3. The second-order valence-corrected chi connectivity index (χ2v) is 5.18. The minimum atomic E-state index is -0.0898. The number of amides is 1. The largest absolute Gasteiger partial charge is 0.375 e. The van der Waals surface area contributed by atoms with Crippen molar-refractivity contribution in [3.8, 4) is 11.1 Å². The maximum atomic E-state index is 11.3. The fourth-order valence-electron chi connectivity index (χ4n) is 2.06. The summed E-state index contributed by atoms with van der Waals surface area (Å²) in [7, 11) is 1.51. The molecule has 0 bridgehead atoms. The molecule has 0 saturated heterocycles. The summed E-state index contributed by atoms with van der Waals surface area (Å²) in [6.07, 6.45) is 0.797. The van der Waals surface area contributed by atoms with Gasteiger partial charge in [0.25, 0.3) is 0 Å². The van der Waals surface area contributed by atoms with Gasteiger partial charge in [0.15, 0.2) is 0 Å². The molecule has 0 aliphatic carbocycles. The molecule has 0 saturated carbocycles. The maximum absolute atomic E-state index is 11.3. The topological polar surface area (TPSA) is 38.3 Å². The summed E-state index contributed by atoms with van der Waals surface area (Å²) in [5, 5.41) is 3.54. The molecule has 110 valence electrons. The Kier molecular flexibility index (Phi) is 5.78. The molecule has 2 aromatic carbocycles. The van der Waals surface area contributed by atoms with E-state index in [-0.39, 0.29) is 12.5 Å². The van der Waals surface area contributed by atoms with Gasteiger partial charge in [-0.3, -0.25) is 4.79 Å². The Bertz CT molecular complexity index is 596. The molecule has 0 spiro atoms. The maximum Gasteiger partial charge on any atom is 0.245 e. The Morgan fingerprint density at radius 3 is 2.57 bits per heavy atom. The average molecular weight is 304 g/mol. The minimum absolute atomic E-state index is 0.0898. The van der Waals surface area contributed by atoms with E-state index in [1.54, 1.807) is 0 Å². The number of halogens is 1. The number of rotatable bonds is 6. The summed E-state index contributed by atoms with van der Waals surface area (Å²) in [5.41, 5.74) is 3.41. The summed E-state index contributed by atoms with van der Waals surface area (Å²) in [5.74, 6) is -0.0898. The van der Waals surface area contributed by atoms with Gasteiger partial charge in [-0.05, 0) is 35.2 Å². The van der Waals surface area contributed by atoms with Crippen LogP contribution in [-0.4, -0.2) is 26.2 Å². The van der Waals surface area contributed by atoms with Gasteiger partial charge in [-0.2, -0.15) is 0 Å². The van der Waals surface area contributed by atoms with Crippen LogP contribution in [0.1, 0.15) is 5.56 Å². The van der Waals surface area contributed by atoms with Crippen molar-refractivity contribution in [1.29, 1.82) is 0 Å². The van der Waals surface area contributed by atoms with E-state index >= 15 is 0 Å². The van der Waals surface area contributed by atoms with Gasteiger partial charge in [-0.25, -0.2) is 0 Å². The molecule has 0 fully saturated rings. The Morgan fingerprint density at radius 1 is 1.14 bits per heavy atom. The van der Waals surface area contributed by atoms with Crippen molar-refractivity contribution >= 4 is 17.5 Å². The lowest BCUT2D eigenvalue weighted by atomic mass is 10.0. The molecule has 1 N–H and O–H groups in total. The summed E-state index contributed by atoms with van der Waals surface area (Å²) in [6.45, 7) is 0.715. The third-order valence-corrected chi connectivity index (χ3v) is 3.36. The number of hydrogen-bond donors (Lipinski definition) is 1. The molecule has 4 heteroatoms. The average Bonchev–Trinajstić information content (AvgIpc) is 2.48. The first kappa shape index (κ1) is 15.5. The van der Waals surface area contributed by atoms with E-state index in [9.17, 15) is 4.79 Å².